The predicted octanol–water partition coefficient (Wildman–Crippen LogP) is 1.73. The highest BCUT2D eigenvalue weighted by Crippen LogP contribution is 2.33. The second-order valence-electron chi connectivity index (χ2n) is 8.15. The first-order valence-electron chi connectivity index (χ1n) is 10.6. The zero-order valence-corrected chi connectivity index (χ0v) is 17.7. The molecule has 2 N–H and O–H groups in total. The molecular weight excluding hydrogens is 412 g/mol. The molecule has 2 aliphatic rings. The van der Waals surface area contributed by atoms with Crippen LogP contribution in [0.1, 0.15) is 33.6 Å². The third-order valence-corrected chi connectivity index (χ3v) is 6.18. The lowest BCUT2D eigenvalue weighted by Gasteiger charge is -2.44. The van der Waals surface area contributed by atoms with Gasteiger partial charge in [-0.05, 0) is 30.3 Å². The van der Waals surface area contributed by atoms with E-state index in [9.17, 15) is 14.4 Å². The van der Waals surface area contributed by atoms with Crippen molar-refractivity contribution in [2.75, 3.05) is 26.8 Å². The van der Waals surface area contributed by atoms with Gasteiger partial charge >= 0.3 is 5.69 Å². The molecule has 0 radical (unpaired) electrons. The van der Waals surface area contributed by atoms with E-state index >= 15 is 0 Å². The Bertz CT molecular complexity index is 1250. The number of piperidine rings is 1. The van der Waals surface area contributed by atoms with Crippen LogP contribution in [-0.4, -0.2) is 58.8 Å². The number of aromatic nitrogens is 2. The van der Waals surface area contributed by atoms with Crippen LogP contribution in [0, 0.1) is 0 Å². The molecule has 0 atom stereocenters. The normalized spacial score (nSPS) is 17.2. The van der Waals surface area contributed by atoms with Crippen molar-refractivity contribution in [2.24, 2.45) is 0 Å². The quantitative estimate of drug-likeness (QED) is 0.648. The maximum atomic E-state index is 13.1. The smallest absolute Gasteiger partial charge is 0.326 e. The van der Waals surface area contributed by atoms with Gasteiger partial charge in [-0.15, -0.1) is 0 Å². The molecule has 5 rings (SSSR count). The Kier molecular flexibility index (Phi) is 4.97. The number of amides is 2. The Balaban J connectivity index is 1.31. The molecule has 0 saturated carbocycles. The minimum Gasteiger partial charge on any atom is -0.467 e. The topological polar surface area (TPSA) is 106 Å². The number of likely N-dealkylation sites (tertiary alicyclic amines) is 1. The van der Waals surface area contributed by atoms with E-state index in [4.69, 9.17) is 9.47 Å². The van der Waals surface area contributed by atoms with Crippen molar-refractivity contribution in [3.8, 4) is 5.75 Å². The number of H-pyrrole nitrogens is 1. The fourth-order valence-electron chi connectivity index (χ4n) is 4.44. The number of imidazole rings is 1. The van der Waals surface area contributed by atoms with Crippen LogP contribution in [0.5, 0.6) is 5.75 Å². The Morgan fingerprint density at radius 2 is 1.94 bits per heavy atom. The van der Waals surface area contributed by atoms with Crippen molar-refractivity contribution in [3.05, 3.63) is 64.1 Å². The molecule has 32 heavy (non-hydrogen) atoms. The van der Waals surface area contributed by atoms with Gasteiger partial charge in [-0.3, -0.25) is 14.2 Å². The van der Waals surface area contributed by atoms with E-state index in [1.807, 2.05) is 6.07 Å². The average molecular weight is 436 g/mol. The summed E-state index contributed by atoms with van der Waals surface area (Å²) in [4.78, 5) is 42.4. The van der Waals surface area contributed by atoms with E-state index in [0.29, 0.717) is 61.5 Å². The minimum atomic E-state index is -0.796. The van der Waals surface area contributed by atoms with Gasteiger partial charge in [0.05, 0.1) is 29.7 Å². The predicted molar refractivity (Wildman–Crippen MR) is 117 cm³/mol. The lowest BCUT2D eigenvalue weighted by atomic mass is 9.96. The van der Waals surface area contributed by atoms with Crippen LogP contribution >= 0.6 is 0 Å². The Morgan fingerprint density at radius 3 is 2.72 bits per heavy atom. The number of aromatic amines is 1. The number of methoxy groups -OCH3 is 1. The number of carbonyl (C=O) groups excluding carboxylic acids is 2. The Hall–Kier alpha value is -3.59. The SMILES string of the molecule is COCCn1c(=O)[nH]c2cc(C(=O)N3CCC4(CC3)NC(=O)c3ccccc3O4)ccc21. The number of fused-ring (bicyclic) bond motifs is 2. The Morgan fingerprint density at radius 1 is 1.16 bits per heavy atom. The van der Waals surface area contributed by atoms with Crippen molar-refractivity contribution in [3.63, 3.8) is 0 Å². The first-order valence-corrected chi connectivity index (χ1v) is 10.6. The van der Waals surface area contributed by atoms with E-state index in [1.165, 1.54) is 0 Å². The Labute approximate surface area is 183 Å². The number of hydrogen-bond acceptors (Lipinski definition) is 5. The molecular formula is C23H24N4O5. The molecule has 0 unspecified atom stereocenters. The maximum absolute atomic E-state index is 13.1. The molecule has 2 aliphatic heterocycles. The lowest BCUT2D eigenvalue weighted by molar-refractivity contribution is -0.0245. The first-order chi connectivity index (χ1) is 15.5. The lowest BCUT2D eigenvalue weighted by Crippen LogP contribution is -2.61. The fourth-order valence-corrected chi connectivity index (χ4v) is 4.44. The molecule has 1 fully saturated rings. The molecule has 9 heteroatoms. The van der Waals surface area contributed by atoms with E-state index < -0.39 is 5.72 Å². The zero-order valence-electron chi connectivity index (χ0n) is 17.7. The minimum absolute atomic E-state index is 0.116. The van der Waals surface area contributed by atoms with Crippen molar-refractivity contribution in [1.29, 1.82) is 0 Å². The molecule has 2 amide bonds. The summed E-state index contributed by atoms with van der Waals surface area (Å²) in [5.74, 6) is 0.303. The average Bonchev–Trinajstić information content (AvgIpc) is 3.11. The summed E-state index contributed by atoms with van der Waals surface area (Å²) in [6, 6.07) is 12.4. The summed E-state index contributed by atoms with van der Waals surface area (Å²) in [6.07, 6.45) is 0.983. The van der Waals surface area contributed by atoms with Crippen molar-refractivity contribution in [2.45, 2.75) is 25.1 Å². The van der Waals surface area contributed by atoms with Gasteiger partial charge in [0.1, 0.15) is 5.75 Å². The van der Waals surface area contributed by atoms with Gasteiger partial charge in [0.2, 0.25) is 0 Å². The van der Waals surface area contributed by atoms with E-state index in [-0.39, 0.29) is 17.5 Å². The molecule has 9 nitrogen and oxygen atoms in total. The second-order valence-corrected chi connectivity index (χ2v) is 8.15. The van der Waals surface area contributed by atoms with Gasteiger partial charge in [0.25, 0.3) is 11.8 Å². The molecule has 1 saturated heterocycles. The molecule has 0 aliphatic carbocycles. The standard InChI is InChI=1S/C23H24N4O5/c1-31-13-12-27-18-7-6-15(14-17(18)24-22(27)30)21(29)26-10-8-23(9-11-26)25-20(28)16-4-2-3-5-19(16)32-23/h2-7,14H,8-13H2,1H3,(H,24,30)(H,25,28). The van der Waals surface area contributed by atoms with Crippen molar-refractivity contribution < 1.29 is 19.1 Å². The highest BCUT2D eigenvalue weighted by Gasteiger charge is 2.43. The molecule has 1 aromatic heterocycles. The molecule has 3 aromatic rings. The van der Waals surface area contributed by atoms with Crippen LogP contribution < -0.4 is 15.7 Å². The number of rotatable bonds is 4. The third-order valence-electron chi connectivity index (χ3n) is 6.18. The fraction of sp³-hybridized carbons (Fsp3) is 0.348. The monoisotopic (exact) mass is 436 g/mol. The van der Waals surface area contributed by atoms with Crippen LogP contribution in [0.25, 0.3) is 11.0 Å². The van der Waals surface area contributed by atoms with Gasteiger partial charge in [-0.25, -0.2) is 4.79 Å². The van der Waals surface area contributed by atoms with Gasteiger partial charge in [0.15, 0.2) is 5.72 Å². The number of benzene rings is 2. The summed E-state index contributed by atoms with van der Waals surface area (Å²) >= 11 is 0. The summed E-state index contributed by atoms with van der Waals surface area (Å²) < 4.78 is 12.8. The molecule has 166 valence electrons. The number of nitrogens with zero attached hydrogens (tertiary/aromatic N) is 2. The van der Waals surface area contributed by atoms with Crippen molar-refractivity contribution >= 4 is 22.8 Å². The number of hydrogen-bond donors (Lipinski definition) is 2. The largest absolute Gasteiger partial charge is 0.467 e. The van der Waals surface area contributed by atoms with E-state index in [0.717, 1.165) is 5.52 Å². The number of ether oxygens (including phenoxy) is 2. The number of para-hydroxylation sites is 1. The number of nitrogens with one attached hydrogen (secondary N) is 2. The molecule has 0 bridgehead atoms. The van der Waals surface area contributed by atoms with Gasteiger partial charge in [-0.2, -0.15) is 0 Å². The van der Waals surface area contributed by atoms with Gasteiger partial charge in [0, 0.05) is 38.6 Å². The van der Waals surface area contributed by atoms with Gasteiger partial charge in [-0.1, -0.05) is 12.1 Å². The highest BCUT2D eigenvalue weighted by atomic mass is 16.5. The first kappa shape index (κ1) is 20.3. The van der Waals surface area contributed by atoms with Crippen LogP contribution in [0.2, 0.25) is 0 Å². The van der Waals surface area contributed by atoms with Crippen LogP contribution in [0.15, 0.2) is 47.3 Å². The third kappa shape index (κ3) is 3.44. The molecule has 2 aromatic carbocycles. The van der Waals surface area contributed by atoms with Crippen molar-refractivity contribution in [1.82, 2.24) is 19.8 Å². The zero-order chi connectivity index (χ0) is 22.3. The van der Waals surface area contributed by atoms with E-state index in [2.05, 4.69) is 10.3 Å². The summed E-state index contributed by atoms with van der Waals surface area (Å²) in [6.45, 7) is 1.76. The maximum Gasteiger partial charge on any atom is 0.326 e. The summed E-state index contributed by atoms with van der Waals surface area (Å²) in [5, 5.41) is 2.99. The number of carbonyl (C=O) groups is 2. The van der Waals surface area contributed by atoms with Gasteiger partial charge < -0.3 is 24.7 Å². The summed E-state index contributed by atoms with van der Waals surface area (Å²) in [7, 11) is 1.59. The molecule has 1 spiro atoms. The summed E-state index contributed by atoms with van der Waals surface area (Å²) in [5.41, 5.74) is 1.36. The van der Waals surface area contributed by atoms with Crippen LogP contribution in [-0.2, 0) is 11.3 Å². The van der Waals surface area contributed by atoms with Crippen LogP contribution in [0.3, 0.4) is 0 Å². The molecule has 3 heterocycles. The second kappa shape index (κ2) is 7.83. The van der Waals surface area contributed by atoms with E-state index in [1.54, 1.807) is 53.0 Å². The highest BCUT2D eigenvalue weighted by molar-refractivity contribution is 5.99. The van der Waals surface area contributed by atoms with Crippen LogP contribution in [0.4, 0.5) is 0 Å².